The van der Waals surface area contributed by atoms with Crippen molar-refractivity contribution in [3.05, 3.63) is 64.5 Å². The fraction of sp³-hybridized carbons (Fsp3) is 0.188. The second kappa shape index (κ2) is 5.74. The molecule has 2 N–H and O–H groups in total. The fourth-order valence-electron chi connectivity index (χ4n) is 1.88. The quantitative estimate of drug-likeness (QED) is 0.930. The Hall–Kier alpha value is -2.36. The number of aryl methyl sites for hydroxylation is 2. The molecule has 2 aromatic carbocycles. The minimum atomic E-state index is -0.449. The molecule has 0 spiro atoms. The monoisotopic (exact) mass is 273 g/mol. The van der Waals surface area contributed by atoms with Crippen LogP contribution < -0.4 is 10.5 Å². The number of amides is 1. The Morgan fingerprint density at radius 1 is 1.15 bits per heavy atom. The molecule has 0 saturated heterocycles. The third kappa shape index (κ3) is 3.15. The molecule has 0 aliphatic rings. The van der Waals surface area contributed by atoms with E-state index in [2.05, 4.69) is 0 Å². The van der Waals surface area contributed by atoms with Crippen molar-refractivity contribution < 1.29 is 13.9 Å². The van der Waals surface area contributed by atoms with Gasteiger partial charge in [-0.25, -0.2) is 4.39 Å². The summed E-state index contributed by atoms with van der Waals surface area (Å²) in [6.07, 6.45) is 0. The predicted octanol–water partition coefficient (Wildman–Crippen LogP) is 3.12. The summed E-state index contributed by atoms with van der Waals surface area (Å²) >= 11 is 0. The van der Waals surface area contributed by atoms with Crippen LogP contribution in [0.2, 0.25) is 0 Å². The SMILES string of the molecule is Cc1cc(OCc2ccc(C(N)=O)cc2C)ccc1F. The lowest BCUT2D eigenvalue weighted by Gasteiger charge is -2.10. The molecule has 0 aliphatic carbocycles. The first-order valence-electron chi connectivity index (χ1n) is 6.25. The maximum absolute atomic E-state index is 13.1. The number of benzene rings is 2. The van der Waals surface area contributed by atoms with Gasteiger partial charge in [0.15, 0.2) is 0 Å². The number of hydrogen-bond donors (Lipinski definition) is 1. The number of halogens is 1. The van der Waals surface area contributed by atoms with Crippen molar-refractivity contribution in [1.82, 2.24) is 0 Å². The first-order valence-corrected chi connectivity index (χ1v) is 6.25. The number of primary amides is 1. The minimum absolute atomic E-state index is 0.251. The normalized spacial score (nSPS) is 10.3. The number of rotatable bonds is 4. The highest BCUT2D eigenvalue weighted by Gasteiger charge is 2.06. The molecule has 0 unspecified atom stereocenters. The fourth-order valence-corrected chi connectivity index (χ4v) is 1.88. The highest BCUT2D eigenvalue weighted by atomic mass is 19.1. The van der Waals surface area contributed by atoms with Crippen molar-refractivity contribution in [2.24, 2.45) is 5.73 Å². The molecule has 0 fully saturated rings. The van der Waals surface area contributed by atoms with Gasteiger partial charge in [0.2, 0.25) is 5.91 Å². The van der Waals surface area contributed by atoms with Crippen LogP contribution in [0, 0.1) is 19.7 Å². The van der Waals surface area contributed by atoms with Gasteiger partial charge in [-0.1, -0.05) is 6.07 Å². The molecular formula is C16H16FNO2. The van der Waals surface area contributed by atoms with Crippen LogP contribution in [0.4, 0.5) is 4.39 Å². The van der Waals surface area contributed by atoms with E-state index in [1.807, 2.05) is 13.0 Å². The van der Waals surface area contributed by atoms with Gasteiger partial charge < -0.3 is 10.5 Å². The second-order valence-electron chi connectivity index (χ2n) is 4.71. The standard InChI is InChI=1S/C16H16FNO2/c1-10-7-12(16(18)19)3-4-13(10)9-20-14-5-6-15(17)11(2)8-14/h3-8H,9H2,1-2H3,(H2,18,19). The Bertz CT molecular complexity index is 653. The number of carbonyl (C=O) groups is 1. The molecule has 0 heterocycles. The molecule has 0 bridgehead atoms. The van der Waals surface area contributed by atoms with E-state index >= 15 is 0 Å². The summed E-state index contributed by atoms with van der Waals surface area (Å²) in [5, 5.41) is 0. The highest BCUT2D eigenvalue weighted by Crippen LogP contribution is 2.19. The Kier molecular flexibility index (Phi) is 4.03. The average molecular weight is 273 g/mol. The predicted molar refractivity (Wildman–Crippen MR) is 75.2 cm³/mol. The van der Waals surface area contributed by atoms with Gasteiger partial charge >= 0.3 is 0 Å². The molecule has 0 radical (unpaired) electrons. The average Bonchev–Trinajstić information content (AvgIpc) is 2.41. The van der Waals surface area contributed by atoms with Crippen molar-refractivity contribution in [2.45, 2.75) is 20.5 Å². The molecule has 104 valence electrons. The molecular weight excluding hydrogens is 257 g/mol. The molecule has 1 amide bonds. The van der Waals surface area contributed by atoms with Crippen LogP contribution in [-0.4, -0.2) is 5.91 Å². The molecule has 0 aromatic heterocycles. The van der Waals surface area contributed by atoms with Crippen molar-refractivity contribution in [3.8, 4) is 5.75 Å². The van der Waals surface area contributed by atoms with E-state index < -0.39 is 5.91 Å². The van der Waals surface area contributed by atoms with Crippen molar-refractivity contribution in [3.63, 3.8) is 0 Å². The lowest BCUT2D eigenvalue weighted by Crippen LogP contribution is -2.11. The van der Waals surface area contributed by atoms with Crippen LogP contribution >= 0.6 is 0 Å². The van der Waals surface area contributed by atoms with E-state index in [4.69, 9.17) is 10.5 Å². The van der Waals surface area contributed by atoms with E-state index in [-0.39, 0.29) is 5.82 Å². The molecule has 0 atom stereocenters. The second-order valence-corrected chi connectivity index (χ2v) is 4.71. The molecule has 0 saturated carbocycles. The first-order chi connectivity index (χ1) is 9.47. The lowest BCUT2D eigenvalue weighted by atomic mass is 10.1. The van der Waals surface area contributed by atoms with Crippen molar-refractivity contribution >= 4 is 5.91 Å². The van der Waals surface area contributed by atoms with Crippen LogP contribution in [0.3, 0.4) is 0 Å². The third-order valence-electron chi connectivity index (χ3n) is 3.15. The Balaban J connectivity index is 2.10. The van der Waals surface area contributed by atoms with Gasteiger partial charge in [0.25, 0.3) is 0 Å². The topological polar surface area (TPSA) is 52.3 Å². The summed E-state index contributed by atoms with van der Waals surface area (Å²) in [6, 6.07) is 9.85. The molecule has 2 rings (SSSR count). The van der Waals surface area contributed by atoms with Crippen LogP contribution in [0.25, 0.3) is 0 Å². The summed E-state index contributed by atoms with van der Waals surface area (Å²) in [7, 11) is 0. The maximum Gasteiger partial charge on any atom is 0.248 e. The molecule has 3 nitrogen and oxygen atoms in total. The molecule has 4 heteroatoms. The van der Waals surface area contributed by atoms with Crippen LogP contribution in [-0.2, 0) is 6.61 Å². The summed E-state index contributed by atoms with van der Waals surface area (Å²) in [5.41, 5.74) is 8.13. The van der Waals surface area contributed by atoms with E-state index in [9.17, 15) is 9.18 Å². The summed E-state index contributed by atoms with van der Waals surface area (Å²) in [4.78, 5) is 11.1. The zero-order valence-corrected chi connectivity index (χ0v) is 11.4. The summed E-state index contributed by atoms with van der Waals surface area (Å²) in [5.74, 6) is -0.0867. The zero-order valence-electron chi connectivity index (χ0n) is 11.4. The summed E-state index contributed by atoms with van der Waals surface area (Å²) < 4.78 is 18.8. The number of nitrogens with two attached hydrogens (primary N) is 1. The van der Waals surface area contributed by atoms with Gasteiger partial charge in [-0.05, 0) is 60.9 Å². The first kappa shape index (κ1) is 14.1. The Labute approximate surface area is 117 Å². The minimum Gasteiger partial charge on any atom is -0.489 e. The van der Waals surface area contributed by atoms with Crippen LogP contribution in [0.15, 0.2) is 36.4 Å². The third-order valence-corrected chi connectivity index (χ3v) is 3.15. The molecule has 20 heavy (non-hydrogen) atoms. The lowest BCUT2D eigenvalue weighted by molar-refractivity contribution is 0.1000. The maximum atomic E-state index is 13.1. The highest BCUT2D eigenvalue weighted by molar-refractivity contribution is 5.93. The van der Waals surface area contributed by atoms with Gasteiger partial charge in [-0.15, -0.1) is 0 Å². The number of hydrogen-bond acceptors (Lipinski definition) is 2. The van der Waals surface area contributed by atoms with Gasteiger partial charge in [-0.2, -0.15) is 0 Å². The van der Waals surface area contributed by atoms with Crippen molar-refractivity contribution in [1.29, 1.82) is 0 Å². The van der Waals surface area contributed by atoms with E-state index in [0.717, 1.165) is 11.1 Å². The van der Waals surface area contributed by atoms with Gasteiger partial charge in [-0.3, -0.25) is 4.79 Å². The van der Waals surface area contributed by atoms with Gasteiger partial charge in [0, 0.05) is 5.56 Å². The van der Waals surface area contributed by atoms with Gasteiger partial charge in [0.1, 0.15) is 18.2 Å². The molecule has 2 aromatic rings. The smallest absolute Gasteiger partial charge is 0.248 e. The Morgan fingerprint density at radius 3 is 2.50 bits per heavy atom. The van der Waals surface area contributed by atoms with E-state index in [1.165, 1.54) is 6.07 Å². The summed E-state index contributed by atoms with van der Waals surface area (Å²) in [6.45, 7) is 3.94. The largest absolute Gasteiger partial charge is 0.489 e. The van der Waals surface area contributed by atoms with Gasteiger partial charge in [0.05, 0.1) is 0 Å². The zero-order chi connectivity index (χ0) is 14.7. The Morgan fingerprint density at radius 2 is 1.90 bits per heavy atom. The molecule has 0 aliphatic heterocycles. The van der Waals surface area contributed by atoms with E-state index in [1.54, 1.807) is 31.2 Å². The van der Waals surface area contributed by atoms with Crippen molar-refractivity contribution in [2.75, 3.05) is 0 Å². The number of ether oxygens (including phenoxy) is 1. The number of carbonyl (C=O) groups excluding carboxylic acids is 1. The van der Waals surface area contributed by atoms with E-state index in [0.29, 0.717) is 23.5 Å². The van der Waals surface area contributed by atoms with Crippen LogP contribution in [0.1, 0.15) is 27.0 Å². The van der Waals surface area contributed by atoms with Crippen LogP contribution in [0.5, 0.6) is 5.75 Å².